The average Bonchev–Trinajstić information content (AvgIpc) is 3.15. The Morgan fingerprint density at radius 2 is 1.72 bits per heavy atom. The third-order valence-electron chi connectivity index (χ3n) is 4.56. The number of halogens is 1. The number of hydrogen-bond donors (Lipinski definition) is 2. The highest BCUT2D eigenvalue weighted by molar-refractivity contribution is 9.10. The Morgan fingerprint density at radius 1 is 1.07 bits per heavy atom. The van der Waals surface area contributed by atoms with Crippen molar-refractivity contribution < 1.29 is 4.79 Å². The zero-order valence-electron chi connectivity index (χ0n) is 17.0. The van der Waals surface area contributed by atoms with Gasteiger partial charge in [0.15, 0.2) is 5.82 Å². The summed E-state index contributed by atoms with van der Waals surface area (Å²) >= 11 is 4.84. The quantitative estimate of drug-likeness (QED) is 0.400. The van der Waals surface area contributed by atoms with Gasteiger partial charge in [0.2, 0.25) is 11.1 Å². The van der Waals surface area contributed by atoms with Gasteiger partial charge in [-0.05, 0) is 29.0 Å². The molecule has 0 radical (unpaired) electrons. The van der Waals surface area contributed by atoms with Gasteiger partial charge in [0.1, 0.15) is 0 Å². The number of rotatable bonds is 7. The smallest absolute Gasteiger partial charge is 0.234 e. The lowest BCUT2D eigenvalue weighted by molar-refractivity contribution is -0.113. The van der Waals surface area contributed by atoms with Crippen LogP contribution in [0.25, 0.3) is 11.4 Å². The zero-order valence-corrected chi connectivity index (χ0v) is 19.4. The van der Waals surface area contributed by atoms with Crippen LogP contribution in [-0.4, -0.2) is 26.8 Å². The Labute approximate surface area is 184 Å². The lowest BCUT2D eigenvalue weighted by Gasteiger charge is -2.20. The van der Waals surface area contributed by atoms with Crippen molar-refractivity contribution in [2.24, 2.45) is 0 Å². The fourth-order valence-corrected chi connectivity index (χ4v) is 4.16. The van der Waals surface area contributed by atoms with E-state index >= 15 is 0 Å². The first-order valence-corrected chi connectivity index (χ1v) is 11.4. The molecule has 0 spiro atoms. The second kappa shape index (κ2) is 9.59. The largest absolute Gasteiger partial charge is 0.325 e. The maximum Gasteiger partial charge on any atom is 0.234 e. The third-order valence-corrected chi connectivity index (χ3v) is 6.10. The molecule has 0 fully saturated rings. The molecule has 5 nitrogen and oxygen atoms in total. The van der Waals surface area contributed by atoms with Crippen molar-refractivity contribution in [1.82, 2.24) is 15.2 Å². The first kappa shape index (κ1) is 21.6. The number of amides is 1. The molecule has 1 amide bonds. The van der Waals surface area contributed by atoms with Gasteiger partial charge in [-0.1, -0.05) is 91.8 Å². The number of benzene rings is 2. The van der Waals surface area contributed by atoms with E-state index in [2.05, 4.69) is 82.3 Å². The van der Waals surface area contributed by atoms with Crippen LogP contribution in [0.4, 0.5) is 5.69 Å². The zero-order chi connectivity index (χ0) is 21.0. The van der Waals surface area contributed by atoms with E-state index in [0.29, 0.717) is 22.8 Å². The highest BCUT2D eigenvalue weighted by atomic mass is 79.9. The number of carbonyl (C=O) groups excluding carboxylic acids is 1. The number of thioether (sulfide) groups is 1. The summed E-state index contributed by atoms with van der Waals surface area (Å²) in [7, 11) is 0. The summed E-state index contributed by atoms with van der Waals surface area (Å²) < 4.78 is 0.942. The van der Waals surface area contributed by atoms with Crippen LogP contribution in [0.3, 0.4) is 0 Å². The standard InChI is InChI=1S/C22H25BrN4OS/c1-13(2)15-9-7-10-16(14(3)4)20(15)24-19(28)12-29-22-25-21(26-27-22)17-8-5-6-11-18(17)23/h5-11,13-14H,12H2,1-4H3,(H,24,28)(H,25,26,27). The molecular weight excluding hydrogens is 448 g/mol. The van der Waals surface area contributed by atoms with Gasteiger partial charge in [0.05, 0.1) is 5.75 Å². The van der Waals surface area contributed by atoms with Gasteiger partial charge >= 0.3 is 0 Å². The minimum absolute atomic E-state index is 0.0581. The van der Waals surface area contributed by atoms with Crippen LogP contribution in [0.1, 0.15) is 50.7 Å². The van der Waals surface area contributed by atoms with Crippen molar-refractivity contribution in [3.8, 4) is 11.4 Å². The van der Waals surface area contributed by atoms with Crippen LogP contribution in [-0.2, 0) is 4.79 Å². The molecule has 7 heteroatoms. The summed E-state index contributed by atoms with van der Waals surface area (Å²) in [6.07, 6.45) is 0. The van der Waals surface area contributed by atoms with Crippen LogP contribution >= 0.6 is 27.7 Å². The van der Waals surface area contributed by atoms with Gasteiger partial charge in [-0.3, -0.25) is 9.89 Å². The number of nitrogens with zero attached hydrogens (tertiary/aromatic N) is 2. The van der Waals surface area contributed by atoms with E-state index in [1.165, 1.54) is 11.8 Å². The van der Waals surface area contributed by atoms with Gasteiger partial charge in [0, 0.05) is 15.7 Å². The summed E-state index contributed by atoms with van der Waals surface area (Å²) in [5, 5.41) is 10.8. The molecular formula is C22H25BrN4OS. The van der Waals surface area contributed by atoms with E-state index in [0.717, 1.165) is 26.9 Å². The number of anilines is 1. The van der Waals surface area contributed by atoms with Crippen LogP contribution < -0.4 is 5.32 Å². The maximum absolute atomic E-state index is 12.7. The van der Waals surface area contributed by atoms with E-state index in [1.54, 1.807) is 0 Å². The lowest BCUT2D eigenvalue weighted by atomic mass is 9.92. The van der Waals surface area contributed by atoms with Crippen molar-refractivity contribution in [1.29, 1.82) is 0 Å². The predicted octanol–water partition coefficient (Wildman–Crippen LogP) is 6.21. The number of para-hydroxylation sites is 1. The molecule has 0 aliphatic heterocycles. The van der Waals surface area contributed by atoms with Crippen LogP contribution in [0, 0.1) is 0 Å². The summed E-state index contributed by atoms with van der Waals surface area (Å²) in [4.78, 5) is 17.2. The van der Waals surface area contributed by atoms with Gasteiger partial charge in [-0.25, -0.2) is 4.98 Å². The summed E-state index contributed by atoms with van der Waals surface area (Å²) in [5.74, 6) is 1.52. The normalized spacial score (nSPS) is 11.3. The van der Waals surface area contributed by atoms with Gasteiger partial charge in [-0.15, -0.1) is 5.10 Å². The molecule has 0 aliphatic carbocycles. The molecule has 29 heavy (non-hydrogen) atoms. The highest BCUT2D eigenvalue weighted by Gasteiger charge is 2.17. The molecule has 2 aromatic carbocycles. The van der Waals surface area contributed by atoms with Crippen LogP contribution in [0.15, 0.2) is 52.1 Å². The Balaban J connectivity index is 1.69. The van der Waals surface area contributed by atoms with Crippen LogP contribution in [0.5, 0.6) is 0 Å². The second-order valence-electron chi connectivity index (χ2n) is 7.40. The number of nitrogens with one attached hydrogen (secondary N) is 2. The first-order valence-electron chi connectivity index (χ1n) is 9.59. The predicted molar refractivity (Wildman–Crippen MR) is 123 cm³/mol. The van der Waals surface area contributed by atoms with E-state index in [-0.39, 0.29) is 11.7 Å². The first-order chi connectivity index (χ1) is 13.9. The number of aromatic nitrogens is 3. The molecule has 1 heterocycles. The summed E-state index contributed by atoms with van der Waals surface area (Å²) in [6, 6.07) is 14.0. The fourth-order valence-electron chi connectivity index (χ4n) is 3.09. The molecule has 3 aromatic rings. The molecule has 3 rings (SSSR count). The van der Waals surface area contributed by atoms with E-state index in [1.807, 2.05) is 24.3 Å². The molecule has 0 saturated heterocycles. The van der Waals surface area contributed by atoms with Crippen LogP contribution in [0.2, 0.25) is 0 Å². The number of hydrogen-bond acceptors (Lipinski definition) is 4. The number of aromatic amines is 1. The summed E-state index contributed by atoms with van der Waals surface area (Å²) in [5.41, 5.74) is 4.18. The van der Waals surface area contributed by atoms with Crippen molar-refractivity contribution in [3.63, 3.8) is 0 Å². The SMILES string of the molecule is CC(C)c1cccc(C(C)C)c1NC(=O)CSc1n[nH]c(-c2ccccc2Br)n1. The van der Waals surface area contributed by atoms with E-state index in [9.17, 15) is 4.79 Å². The number of H-pyrrole nitrogens is 1. The number of carbonyl (C=O) groups is 1. The topological polar surface area (TPSA) is 70.7 Å². The Bertz CT molecular complexity index is 974. The van der Waals surface area contributed by atoms with Crippen molar-refractivity contribution >= 4 is 39.3 Å². The minimum atomic E-state index is -0.0581. The van der Waals surface area contributed by atoms with Gasteiger partial charge in [0.25, 0.3) is 0 Å². The average molecular weight is 473 g/mol. The molecule has 0 bridgehead atoms. The van der Waals surface area contributed by atoms with Crippen molar-refractivity contribution in [2.75, 3.05) is 11.1 Å². The molecule has 0 atom stereocenters. The molecule has 152 valence electrons. The fraction of sp³-hybridized carbons (Fsp3) is 0.318. The Kier molecular flexibility index (Phi) is 7.14. The molecule has 0 saturated carbocycles. The third kappa shape index (κ3) is 5.28. The van der Waals surface area contributed by atoms with E-state index in [4.69, 9.17) is 0 Å². The summed E-state index contributed by atoms with van der Waals surface area (Å²) in [6.45, 7) is 8.56. The lowest BCUT2D eigenvalue weighted by Crippen LogP contribution is -2.17. The maximum atomic E-state index is 12.7. The van der Waals surface area contributed by atoms with E-state index < -0.39 is 0 Å². The Morgan fingerprint density at radius 3 is 2.34 bits per heavy atom. The van der Waals surface area contributed by atoms with Crippen molar-refractivity contribution in [2.45, 2.75) is 44.7 Å². The van der Waals surface area contributed by atoms with Gasteiger partial charge in [-0.2, -0.15) is 0 Å². The molecule has 0 unspecified atom stereocenters. The second-order valence-corrected chi connectivity index (χ2v) is 9.20. The monoisotopic (exact) mass is 472 g/mol. The molecule has 2 N–H and O–H groups in total. The molecule has 0 aliphatic rings. The minimum Gasteiger partial charge on any atom is -0.325 e. The molecule has 1 aromatic heterocycles. The van der Waals surface area contributed by atoms with Crippen molar-refractivity contribution in [3.05, 3.63) is 58.1 Å². The highest BCUT2D eigenvalue weighted by Crippen LogP contribution is 2.32. The Hall–Kier alpha value is -2.12. The van der Waals surface area contributed by atoms with Gasteiger partial charge < -0.3 is 5.32 Å².